The Labute approximate surface area is 139 Å². The van der Waals surface area contributed by atoms with Crippen LogP contribution in [0.5, 0.6) is 0 Å². The van der Waals surface area contributed by atoms with Crippen LogP contribution in [-0.4, -0.2) is 47.8 Å². The highest BCUT2D eigenvalue weighted by Gasteiger charge is 2.17. The predicted molar refractivity (Wildman–Crippen MR) is 92.6 cm³/mol. The van der Waals surface area contributed by atoms with Crippen LogP contribution in [0.1, 0.15) is 12.8 Å². The molecule has 0 saturated carbocycles. The summed E-state index contributed by atoms with van der Waals surface area (Å²) in [4.78, 5) is 14.3. The lowest BCUT2D eigenvalue weighted by atomic mass is 9.97. The standard InChI is InChI=1S/C16H21N5OS/c1-21-9-7-12(8-10-21)11-17-15(22)18-16-20-19-14(23-16)13-5-3-2-4-6-13/h2-6,12H,7-11H2,1H3,(H2,17,18,20,22). The monoisotopic (exact) mass is 331 g/mol. The Kier molecular flexibility index (Phi) is 5.19. The van der Waals surface area contributed by atoms with Crippen molar-refractivity contribution in [1.82, 2.24) is 20.4 Å². The number of benzene rings is 1. The zero-order valence-electron chi connectivity index (χ0n) is 13.2. The molecule has 1 aromatic carbocycles. The molecule has 3 rings (SSSR count). The summed E-state index contributed by atoms with van der Waals surface area (Å²) >= 11 is 1.38. The summed E-state index contributed by atoms with van der Waals surface area (Å²) in [5, 5.41) is 15.2. The highest BCUT2D eigenvalue weighted by molar-refractivity contribution is 7.18. The molecule has 6 nitrogen and oxygen atoms in total. The van der Waals surface area contributed by atoms with E-state index in [4.69, 9.17) is 0 Å². The Balaban J connectivity index is 1.48. The number of nitrogens with zero attached hydrogens (tertiary/aromatic N) is 3. The third kappa shape index (κ3) is 4.49. The summed E-state index contributed by atoms with van der Waals surface area (Å²) in [7, 11) is 2.14. The Hall–Kier alpha value is -1.99. The second-order valence-electron chi connectivity index (χ2n) is 5.86. The lowest BCUT2D eigenvalue weighted by Crippen LogP contribution is -2.38. The van der Waals surface area contributed by atoms with E-state index in [0.29, 0.717) is 17.6 Å². The van der Waals surface area contributed by atoms with E-state index in [2.05, 4.69) is 32.8 Å². The van der Waals surface area contributed by atoms with E-state index in [-0.39, 0.29) is 6.03 Å². The SMILES string of the molecule is CN1CCC(CNC(=O)Nc2nnc(-c3ccccc3)s2)CC1. The Morgan fingerprint density at radius 2 is 2.00 bits per heavy atom. The first kappa shape index (κ1) is 15.9. The second kappa shape index (κ2) is 7.52. The molecule has 0 bridgehead atoms. The lowest BCUT2D eigenvalue weighted by Gasteiger charge is -2.28. The van der Waals surface area contributed by atoms with E-state index in [1.54, 1.807) is 0 Å². The van der Waals surface area contributed by atoms with Gasteiger partial charge in [-0.3, -0.25) is 5.32 Å². The van der Waals surface area contributed by atoms with Crippen molar-refractivity contribution >= 4 is 22.5 Å². The van der Waals surface area contributed by atoms with E-state index < -0.39 is 0 Å². The van der Waals surface area contributed by atoms with Crippen LogP contribution in [-0.2, 0) is 0 Å². The van der Waals surface area contributed by atoms with Gasteiger partial charge in [-0.1, -0.05) is 41.7 Å². The van der Waals surface area contributed by atoms with Crippen molar-refractivity contribution in [2.45, 2.75) is 12.8 Å². The molecular weight excluding hydrogens is 310 g/mol. The van der Waals surface area contributed by atoms with Crippen LogP contribution >= 0.6 is 11.3 Å². The van der Waals surface area contributed by atoms with E-state index in [9.17, 15) is 4.79 Å². The van der Waals surface area contributed by atoms with E-state index >= 15 is 0 Å². The number of carbonyl (C=O) groups is 1. The first-order valence-corrected chi connectivity index (χ1v) is 8.64. The van der Waals surface area contributed by atoms with Crippen LogP contribution in [0.25, 0.3) is 10.6 Å². The van der Waals surface area contributed by atoms with Crippen LogP contribution in [0.15, 0.2) is 30.3 Å². The number of aromatic nitrogens is 2. The molecule has 0 radical (unpaired) electrons. The van der Waals surface area contributed by atoms with Gasteiger partial charge in [-0.05, 0) is 38.9 Å². The summed E-state index contributed by atoms with van der Waals surface area (Å²) < 4.78 is 0. The molecule has 2 N–H and O–H groups in total. The summed E-state index contributed by atoms with van der Waals surface area (Å²) in [5.74, 6) is 0.561. The van der Waals surface area contributed by atoms with E-state index in [1.165, 1.54) is 11.3 Å². The second-order valence-corrected chi connectivity index (χ2v) is 6.84. The predicted octanol–water partition coefficient (Wildman–Crippen LogP) is 2.67. The van der Waals surface area contributed by atoms with Crippen LogP contribution < -0.4 is 10.6 Å². The van der Waals surface area contributed by atoms with E-state index in [0.717, 1.165) is 36.5 Å². The molecule has 0 aliphatic carbocycles. The number of hydrogen-bond donors (Lipinski definition) is 2. The van der Waals surface area contributed by atoms with Gasteiger partial charge in [0.1, 0.15) is 5.01 Å². The minimum Gasteiger partial charge on any atom is -0.338 e. The minimum atomic E-state index is -0.209. The Morgan fingerprint density at radius 3 is 2.74 bits per heavy atom. The highest BCUT2D eigenvalue weighted by Crippen LogP contribution is 2.25. The number of carbonyl (C=O) groups excluding carboxylic acids is 1. The molecule has 0 atom stereocenters. The average molecular weight is 331 g/mol. The number of urea groups is 1. The summed E-state index contributed by atoms with van der Waals surface area (Å²) in [6.07, 6.45) is 2.27. The molecule has 2 heterocycles. The summed E-state index contributed by atoms with van der Waals surface area (Å²) in [6, 6.07) is 9.62. The number of rotatable bonds is 4. The van der Waals surface area contributed by atoms with Gasteiger partial charge < -0.3 is 10.2 Å². The average Bonchev–Trinajstić information content (AvgIpc) is 3.04. The lowest BCUT2D eigenvalue weighted by molar-refractivity contribution is 0.213. The number of piperidine rings is 1. The molecule has 1 aliphatic rings. The summed E-state index contributed by atoms with van der Waals surface area (Å²) in [5.41, 5.74) is 1.00. The van der Waals surface area contributed by atoms with Gasteiger partial charge in [0.15, 0.2) is 0 Å². The molecule has 23 heavy (non-hydrogen) atoms. The summed E-state index contributed by atoms with van der Waals surface area (Å²) in [6.45, 7) is 2.92. The van der Waals surface area contributed by atoms with Crippen LogP contribution in [0.4, 0.5) is 9.93 Å². The fourth-order valence-electron chi connectivity index (χ4n) is 2.62. The molecular formula is C16H21N5OS. The number of anilines is 1. The van der Waals surface area contributed by atoms with Gasteiger partial charge in [0, 0.05) is 12.1 Å². The van der Waals surface area contributed by atoms with Gasteiger partial charge in [-0.15, -0.1) is 10.2 Å². The quantitative estimate of drug-likeness (QED) is 0.904. The Bertz CT molecular complexity index is 637. The maximum atomic E-state index is 12.0. The van der Waals surface area contributed by atoms with Crippen molar-refractivity contribution in [2.75, 3.05) is 32.0 Å². The highest BCUT2D eigenvalue weighted by atomic mass is 32.1. The van der Waals surface area contributed by atoms with Gasteiger partial charge in [0.05, 0.1) is 0 Å². The fourth-order valence-corrected chi connectivity index (χ4v) is 3.36. The number of hydrogen-bond acceptors (Lipinski definition) is 5. The molecule has 1 saturated heterocycles. The van der Waals surface area contributed by atoms with Crippen molar-refractivity contribution in [2.24, 2.45) is 5.92 Å². The number of nitrogens with one attached hydrogen (secondary N) is 2. The topological polar surface area (TPSA) is 70.2 Å². The molecule has 0 unspecified atom stereocenters. The molecule has 7 heteroatoms. The number of likely N-dealkylation sites (tertiary alicyclic amines) is 1. The molecule has 122 valence electrons. The number of amides is 2. The normalized spacial score (nSPS) is 16.2. The van der Waals surface area contributed by atoms with E-state index in [1.807, 2.05) is 30.3 Å². The van der Waals surface area contributed by atoms with Crippen molar-refractivity contribution in [3.63, 3.8) is 0 Å². The van der Waals surface area contributed by atoms with Gasteiger partial charge in [-0.25, -0.2) is 4.79 Å². The first-order valence-electron chi connectivity index (χ1n) is 7.83. The zero-order chi connectivity index (χ0) is 16.1. The maximum Gasteiger partial charge on any atom is 0.321 e. The van der Waals surface area contributed by atoms with Gasteiger partial charge in [0.25, 0.3) is 0 Å². The zero-order valence-corrected chi connectivity index (χ0v) is 14.0. The molecule has 1 aliphatic heterocycles. The van der Waals surface area contributed by atoms with Gasteiger partial charge >= 0.3 is 6.03 Å². The molecule has 2 aromatic rings. The minimum absolute atomic E-state index is 0.209. The third-order valence-corrected chi connectivity index (χ3v) is 4.94. The largest absolute Gasteiger partial charge is 0.338 e. The van der Waals surface area contributed by atoms with Crippen molar-refractivity contribution in [1.29, 1.82) is 0 Å². The smallest absolute Gasteiger partial charge is 0.321 e. The van der Waals surface area contributed by atoms with Crippen molar-refractivity contribution < 1.29 is 4.79 Å². The Morgan fingerprint density at radius 1 is 1.26 bits per heavy atom. The molecule has 0 spiro atoms. The molecule has 2 amide bonds. The third-order valence-electron chi connectivity index (χ3n) is 4.06. The van der Waals surface area contributed by atoms with Gasteiger partial charge in [0.2, 0.25) is 5.13 Å². The van der Waals surface area contributed by atoms with Crippen LogP contribution in [0.3, 0.4) is 0 Å². The molecule has 1 fully saturated rings. The molecule has 1 aromatic heterocycles. The van der Waals surface area contributed by atoms with Crippen LogP contribution in [0, 0.1) is 5.92 Å². The van der Waals surface area contributed by atoms with Gasteiger partial charge in [-0.2, -0.15) is 0 Å². The maximum absolute atomic E-state index is 12.0. The fraction of sp³-hybridized carbons (Fsp3) is 0.438. The van der Waals surface area contributed by atoms with Crippen LogP contribution in [0.2, 0.25) is 0 Å². The first-order chi connectivity index (χ1) is 11.2. The van der Waals surface area contributed by atoms with Crippen molar-refractivity contribution in [3.8, 4) is 10.6 Å². The van der Waals surface area contributed by atoms with Crippen molar-refractivity contribution in [3.05, 3.63) is 30.3 Å².